The van der Waals surface area contributed by atoms with Crippen molar-refractivity contribution in [2.24, 2.45) is 0 Å². The summed E-state index contributed by atoms with van der Waals surface area (Å²) in [6.07, 6.45) is 1.68. The van der Waals surface area contributed by atoms with E-state index in [0.717, 1.165) is 28.2 Å². The van der Waals surface area contributed by atoms with Gasteiger partial charge in [-0.2, -0.15) is 4.98 Å². The van der Waals surface area contributed by atoms with E-state index in [2.05, 4.69) is 55.0 Å². The van der Waals surface area contributed by atoms with Crippen molar-refractivity contribution in [2.45, 2.75) is 17.5 Å². The summed E-state index contributed by atoms with van der Waals surface area (Å²) in [5.74, 6) is 2.02. The van der Waals surface area contributed by atoms with Gasteiger partial charge in [0, 0.05) is 15.4 Å². The van der Waals surface area contributed by atoms with Crippen molar-refractivity contribution in [2.75, 3.05) is 10.6 Å². The highest BCUT2D eigenvalue weighted by Crippen LogP contribution is 2.22. The second kappa shape index (κ2) is 7.10. The quantitative estimate of drug-likeness (QED) is 0.479. The Morgan fingerprint density at radius 2 is 2.14 bits per heavy atom. The number of hydrogen-bond acceptors (Lipinski definition) is 6. The first-order valence-electron chi connectivity index (χ1n) is 6.73. The van der Waals surface area contributed by atoms with E-state index in [4.69, 9.17) is 10.2 Å². The topological polar surface area (TPSA) is 68.2 Å². The van der Waals surface area contributed by atoms with E-state index in [0.29, 0.717) is 12.5 Å². The van der Waals surface area contributed by atoms with Gasteiger partial charge >= 0.3 is 0 Å². The van der Waals surface area contributed by atoms with Gasteiger partial charge in [0.25, 0.3) is 0 Å². The molecule has 0 saturated carbocycles. The largest absolute Gasteiger partial charge is 0.467 e. The van der Waals surface area contributed by atoms with Crippen LogP contribution in [0.5, 0.6) is 0 Å². The third-order valence-electron chi connectivity index (χ3n) is 3.10. The van der Waals surface area contributed by atoms with Gasteiger partial charge in [0.2, 0.25) is 5.95 Å². The SMILES string of the molecule is Nc1nc(CI)cc(N(Cc2ccco2)Cc2cccs2)n1. The average Bonchev–Trinajstić information content (AvgIpc) is 3.19. The second-order valence-electron chi connectivity index (χ2n) is 4.72. The number of hydrogen-bond donors (Lipinski definition) is 1. The Morgan fingerprint density at radius 1 is 1.23 bits per heavy atom. The second-order valence-corrected chi connectivity index (χ2v) is 6.52. The van der Waals surface area contributed by atoms with Crippen molar-refractivity contribution in [3.63, 3.8) is 0 Å². The lowest BCUT2D eigenvalue weighted by molar-refractivity contribution is 0.501. The molecule has 7 heteroatoms. The lowest BCUT2D eigenvalue weighted by atomic mass is 10.3. The maximum Gasteiger partial charge on any atom is 0.222 e. The fourth-order valence-corrected chi connectivity index (χ4v) is 3.24. The van der Waals surface area contributed by atoms with Gasteiger partial charge in [-0.3, -0.25) is 0 Å². The number of nitrogens with two attached hydrogens (primary N) is 1. The molecular weight excluding hydrogens is 411 g/mol. The molecule has 114 valence electrons. The molecule has 3 aromatic heterocycles. The van der Waals surface area contributed by atoms with Crippen molar-refractivity contribution in [1.82, 2.24) is 9.97 Å². The van der Waals surface area contributed by atoms with Gasteiger partial charge < -0.3 is 15.1 Å². The molecule has 0 amide bonds. The molecule has 0 aliphatic carbocycles. The maximum atomic E-state index is 5.85. The van der Waals surface area contributed by atoms with Crippen LogP contribution < -0.4 is 10.6 Å². The highest BCUT2D eigenvalue weighted by Gasteiger charge is 2.14. The Kier molecular flexibility index (Phi) is 4.94. The van der Waals surface area contributed by atoms with Crippen molar-refractivity contribution < 1.29 is 4.42 Å². The van der Waals surface area contributed by atoms with Crippen LogP contribution in [0, 0.1) is 0 Å². The summed E-state index contributed by atoms with van der Waals surface area (Å²) in [4.78, 5) is 12.1. The van der Waals surface area contributed by atoms with Gasteiger partial charge in [-0.05, 0) is 23.6 Å². The lowest BCUT2D eigenvalue weighted by Crippen LogP contribution is -2.23. The summed E-state index contributed by atoms with van der Waals surface area (Å²) in [6, 6.07) is 10.0. The van der Waals surface area contributed by atoms with Gasteiger partial charge in [0.1, 0.15) is 11.6 Å². The monoisotopic (exact) mass is 426 g/mol. The Bertz CT molecular complexity index is 679. The first-order chi connectivity index (χ1) is 10.7. The number of nitrogen functional groups attached to an aromatic ring is 1. The first-order valence-corrected chi connectivity index (χ1v) is 9.14. The summed E-state index contributed by atoms with van der Waals surface area (Å²) in [5.41, 5.74) is 6.78. The zero-order chi connectivity index (χ0) is 15.4. The number of alkyl halides is 1. The zero-order valence-electron chi connectivity index (χ0n) is 11.8. The number of nitrogens with zero attached hydrogens (tertiary/aromatic N) is 3. The Balaban J connectivity index is 1.91. The molecule has 0 fully saturated rings. The van der Waals surface area contributed by atoms with Crippen LogP contribution in [0.2, 0.25) is 0 Å². The molecule has 22 heavy (non-hydrogen) atoms. The highest BCUT2D eigenvalue weighted by atomic mass is 127. The van der Waals surface area contributed by atoms with Crippen LogP contribution >= 0.6 is 33.9 Å². The Labute approximate surface area is 146 Å². The molecule has 2 N–H and O–H groups in total. The van der Waals surface area contributed by atoms with Crippen LogP contribution in [-0.4, -0.2) is 9.97 Å². The van der Waals surface area contributed by atoms with Crippen LogP contribution in [0.1, 0.15) is 16.3 Å². The number of thiophene rings is 1. The summed E-state index contributed by atoms with van der Waals surface area (Å²) >= 11 is 4.00. The predicted octanol–water partition coefficient (Wildman–Crippen LogP) is 3.86. The van der Waals surface area contributed by atoms with Gasteiger partial charge in [-0.15, -0.1) is 11.3 Å². The number of halogens is 1. The molecular formula is C15H15IN4OS. The molecule has 0 atom stereocenters. The van der Waals surface area contributed by atoms with Gasteiger partial charge in [0.05, 0.1) is 25.0 Å². The van der Waals surface area contributed by atoms with Gasteiger partial charge in [0.15, 0.2) is 0 Å². The summed E-state index contributed by atoms with van der Waals surface area (Å²) < 4.78 is 6.27. The molecule has 0 aromatic carbocycles. The minimum Gasteiger partial charge on any atom is -0.467 e. The van der Waals surface area contributed by atoms with Gasteiger partial charge in [-0.25, -0.2) is 4.98 Å². The zero-order valence-corrected chi connectivity index (χ0v) is 14.8. The van der Waals surface area contributed by atoms with Crippen molar-refractivity contribution in [3.8, 4) is 0 Å². The van der Waals surface area contributed by atoms with Crippen molar-refractivity contribution in [1.29, 1.82) is 0 Å². The highest BCUT2D eigenvalue weighted by molar-refractivity contribution is 14.1. The molecule has 0 aliphatic heterocycles. The van der Waals surface area contributed by atoms with Crippen LogP contribution in [0.3, 0.4) is 0 Å². The summed E-state index contributed by atoms with van der Waals surface area (Å²) in [7, 11) is 0. The molecule has 0 saturated heterocycles. The fourth-order valence-electron chi connectivity index (χ4n) is 2.13. The molecule has 0 radical (unpaired) electrons. The average molecular weight is 426 g/mol. The van der Waals surface area contributed by atoms with Crippen LogP contribution in [-0.2, 0) is 17.5 Å². The predicted molar refractivity (Wildman–Crippen MR) is 97.1 cm³/mol. The molecule has 0 aliphatic rings. The minimum atomic E-state index is 0.305. The summed E-state index contributed by atoms with van der Waals surface area (Å²) in [6.45, 7) is 1.40. The maximum absolute atomic E-state index is 5.85. The fraction of sp³-hybridized carbons (Fsp3) is 0.200. The molecule has 5 nitrogen and oxygen atoms in total. The van der Waals surface area contributed by atoms with E-state index in [1.807, 2.05) is 18.2 Å². The lowest BCUT2D eigenvalue weighted by Gasteiger charge is -2.22. The van der Waals surface area contributed by atoms with E-state index in [1.54, 1.807) is 17.6 Å². The van der Waals surface area contributed by atoms with E-state index in [-0.39, 0.29) is 0 Å². The molecule has 3 rings (SSSR count). The smallest absolute Gasteiger partial charge is 0.222 e. The normalized spacial score (nSPS) is 10.8. The minimum absolute atomic E-state index is 0.305. The van der Waals surface area contributed by atoms with Crippen LogP contribution in [0.25, 0.3) is 0 Å². The van der Waals surface area contributed by atoms with Crippen LogP contribution in [0.4, 0.5) is 11.8 Å². The number of anilines is 2. The number of aromatic nitrogens is 2. The van der Waals surface area contributed by atoms with E-state index in [9.17, 15) is 0 Å². The van der Waals surface area contributed by atoms with Crippen LogP contribution in [0.15, 0.2) is 46.4 Å². The molecule has 0 bridgehead atoms. The van der Waals surface area contributed by atoms with E-state index in [1.165, 1.54) is 4.88 Å². The molecule has 0 spiro atoms. The molecule has 0 unspecified atom stereocenters. The standard InChI is InChI=1S/C15H15IN4OS/c16-8-11-7-14(19-15(17)18-11)20(9-12-3-1-5-21-12)10-13-4-2-6-22-13/h1-7H,8-10H2,(H2,17,18,19). The molecule has 3 heterocycles. The van der Waals surface area contributed by atoms with E-state index < -0.39 is 0 Å². The molecule has 3 aromatic rings. The Hall–Kier alpha value is -1.61. The number of furan rings is 1. The van der Waals surface area contributed by atoms with Crippen molar-refractivity contribution >= 4 is 45.7 Å². The third kappa shape index (κ3) is 3.77. The first kappa shape index (κ1) is 15.3. The van der Waals surface area contributed by atoms with Gasteiger partial charge in [-0.1, -0.05) is 28.7 Å². The van der Waals surface area contributed by atoms with Crippen molar-refractivity contribution in [3.05, 3.63) is 58.3 Å². The summed E-state index contributed by atoms with van der Waals surface area (Å²) in [5, 5.41) is 2.07. The van der Waals surface area contributed by atoms with E-state index >= 15 is 0 Å². The Morgan fingerprint density at radius 3 is 2.82 bits per heavy atom. The third-order valence-corrected chi connectivity index (χ3v) is 4.74. The number of rotatable bonds is 6.